The highest BCUT2D eigenvalue weighted by atomic mass is 32.2. The van der Waals surface area contributed by atoms with Gasteiger partial charge in [0.05, 0.1) is 24.9 Å². The van der Waals surface area contributed by atoms with Crippen molar-refractivity contribution in [3.8, 4) is 11.5 Å². The summed E-state index contributed by atoms with van der Waals surface area (Å²) >= 11 is 1.51. The lowest BCUT2D eigenvalue weighted by atomic mass is 10.2. The number of hydrogen-bond acceptors (Lipinski definition) is 6. The van der Waals surface area contributed by atoms with E-state index in [-0.39, 0.29) is 19.0 Å². The summed E-state index contributed by atoms with van der Waals surface area (Å²) in [5.74, 6) is 0.977. The molecule has 1 amide bonds. The molecule has 3 rings (SSSR count). The fraction of sp³-hybridized carbons (Fsp3) is 0.353. The number of carbonyl (C=O) groups excluding carboxylic acids is 1. The summed E-state index contributed by atoms with van der Waals surface area (Å²) in [7, 11) is -3.50. The quantitative estimate of drug-likeness (QED) is 0.769. The largest absolute Gasteiger partial charge is 0.486 e. The van der Waals surface area contributed by atoms with Crippen LogP contribution in [0.4, 0.5) is 5.69 Å². The second-order valence-corrected chi connectivity index (χ2v) is 8.71. The lowest BCUT2D eigenvalue weighted by Crippen LogP contribution is -2.38. The highest BCUT2D eigenvalue weighted by molar-refractivity contribution is 7.92. The first kappa shape index (κ1) is 18.5. The molecule has 140 valence electrons. The number of nitrogens with zero attached hydrogens (tertiary/aromatic N) is 1. The Morgan fingerprint density at radius 1 is 1.23 bits per heavy atom. The maximum absolute atomic E-state index is 12.2. The monoisotopic (exact) mass is 396 g/mol. The van der Waals surface area contributed by atoms with E-state index in [0.717, 1.165) is 11.1 Å². The minimum absolute atomic E-state index is 0.134. The number of anilines is 1. The molecule has 0 saturated heterocycles. The molecule has 0 saturated carbocycles. The van der Waals surface area contributed by atoms with Gasteiger partial charge in [-0.05, 0) is 23.6 Å². The molecule has 2 aromatic rings. The van der Waals surface area contributed by atoms with E-state index in [0.29, 0.717) is 36.8 Å². The van der Waals surface area contributed by atoms with E-state index < -0.39 is 10.0 Å². The molecule has 26 heavy (non-hydrogen) atoms. The van der Waals surface area contributed by atoms with Crippen LogP contribution in [0.3, 0.4) is 0 Å². The van der Waals surface area contributed by atoms with Gasteiger partial charge >= 0.3 is 0 Å². The number of benzene rings is 1. The van der Waals surface area contributed by atoms with Crippen LogP contribution in [0.1, 0.15) is 4.88 Å². The van der Waals surface area contributed by atoms with Crippen LogP contribution in [-0.4, -0.2) is 46.9 Å². The minimum Gasteiger partial charge on any atom is -0.486 e. The highest BCUT2D eigenvalue weighted by Gasteiger charge is 2.20. The molecular formula is C17H20N2O5S2. The molecule has 1 aromatic heterocycles. The third kappa shape index (κ3) is 4.67. The molecular weight excluding hydrogens is 376 g/mol. The van der Waals surface area contributed by atoms with Crippen LogP contribution >= 0.6 is 11.3 Å². The number of fused-ring (bicyclic) bond motifs is 1. The third-order valence-electron chi connectivity index (χ3n) is 3.77. The van der Waals surface area contributed by atoms with Crippen molar-refractivity contribution in [1.29, 1.82) is 0 Å². The molecule has 0 bridgehead atoms. The summed E-state index contributed by atoms with van der Waals surface area (Å²) in [6.07, 6.45) is 1.43. The van der Waals surface area contributed by atoms with Gasteiger partial charge in [0, 0.05) is 17.5 Å². The van der Waals surface area contributed by atoms with Gasteiger partial charge in [0.15, 0.2) is 11.5 Å². The first-order valence-corrected chi connectivity index (χ1v) is 10.8. The average molecular weight is 396 g/mol. The van der Waals surface area contributed by atoms with Crippen molar-refractivity contribution in [3.63, 3.8) is 0 Å². The van der Waals surface area contributed by atoms with Crippen LogP contribution < -0.4 is 19.1 Å². The Hall–Kier alpha value is -2.26. The minimum atomic E-state index is -3.50. The van der Waals surface area contributed by atoms with Crippen LogP contribution in [0.15, 0.2) is 35.7 Å². The molecule has 0 aliphatic carbocycles. The molecule has 1 aliphatic heterocycles. The topological polar surface area (TPSA) is 84.9 Å². The number of amides is 1. The lowest BCUT2D eigenvalue weighted by molar-refractivity contribution is -0.120. The van der Waals surface area contributed by atoms with E-state index in [9.17, 15) is 13.2 Å². The van der Waals surface area contributed by atoms with E-state index in [2.05, 4.69) is 5.32 Å². The number of thiophene rings is 1. The van der Waals surface area contributed by atoms with Crippen LogP contribution in [0.5, 0.6) is 11.5 Å². The van der Waals surface area contributed by atoms with Crippen molar-refractivity contribution in [2.24, 2.45) is 0 Å². The van der Waals surface area contributed by atoms with E-state index >= 15 is 0 Å². The number of hydrogen-bond donors (Lipinski definition) is 1. The number of rotatable bonds is 7. The van der Waals surface area contributed by atoms with E-state index in [4.69, 9.17) is 9.47 Å². The van der Waals surface area contributed by atoms with Gasteiger partial charge in [0.2, 0.25) is 15.9 Å². The van der Waals surface area contributed by atoms with Crippen molar-refractivity contribution >= 4 is 33.0 Å². The highest BCUT2D eigenvalue weighted by Crippen LogP contribution is 2.34. The van der Waals surface area contributed by atoms with Gasteiger partial charge in [0.25, 0.3) is 0 Å². The van der Waals surface area contributed by atoms with Crippen LogP contribution in [-0.2, 0) is 21.2 Å². The summed E-state index contributed by atoms with van der Waals surface area (Å²) < 4.78 is 36.6. The summed E-state index contributed by atoms with van der Waals surface area (Å²) in [6.45, 7) is 1.24. The Bertz CT molecular complexity index is 865. The van der Waals surface area contributed by atoms with Gasteiger partial charge in [-0.15, -0.1) is 11.3 Å². The van der Waals surface area contributed by atoms with Gasteiger partial charge in [-0.25, -0.2) is 8.42 Å². The molecule has 7 nitrogen and oxygen atoms in total. The van der Waals surface area contributed by atoms with Crippen LogP contribution in [0.2, 0.25) is 0 Å². The normalized spacial score (nSPS) is 13.3. The number of nitrogens with one attached hydrogen (secondary N) is 1. The molecule has 1 aromatic carbocycles. The van der Waals surface area contributed by atoms with Gasteiger partial charge in [-0.2, -0.15) is 0 Å². The molecule has 0 unspecified atom stereocenters. The first-order valence-electron chi connectivity index (χ1n) is 8.10. The van der Waals surface area contributed by atoms with Gasteiger partial charge in [0.1, 0.15) is 13.2 Å². The summed E-state index contributed by atoms with van der Waals surface area (Å²) in [5.41, 5.74) is 0.476. The summed E-state index contributed by atoms with van der Waals surface area (Å²) in [4.78, 5) is 12.9. The Morgan fingerprint density at radius 3 is 2.69 bits per heavy atom. The lowest BCUT2D eigenvalue weighted by Gasteiger charge is -2.25. The SMILES string of the molecule is CS(=O)(=O)N(CCNC(=O)Cc1cccs1)c1ccc2c(c1)OCCO2. The van der Waals surface area contributed by atoms with E-state index in [1.165, 1.54) is 15.6 Å². The number of sulfonamides is 1. The second-order valence-electron chi connectivity index (χ2n) is 5.77. The molecule has 0 radical (unpaired) electrons. The zero-order valence-corrected chi connectivity index (χ0v) is 15.9. The van der Waals surface area contributed by atoms with Crippen molar-refractivity contribution in [2.75, 3.05) is 36.9 Å². The first-order chi connectivity index (χ1) is 12.4. The Morgan fingerprint density at radius 2 is 2.00 bits per heavy atom. The van der Waals surface area contributed by atoms with E-state index in [1.54, 1.807) is 18.2 Å². The Labute approximate surface area is 156 Å². The molecule has 0 atom stereocenters. The predicted octanol–water partition coefficient (Wildman–Crippen LogP) is 1.64. The third-order valence-corrected chi connectivity index (χ3v) is 5.84. The standard InChI is InChI=1S/C17H20N2O5S2/c1-26(21,22)19(7-6-18-17(20)12-14-3-2-10-25-14)13-4-5-15-16(11-13)24-9-8-23-15/h2-5,10-11H,6-9,12H2,1H3,(H,18,20). The molecule has 1 N–H and O–H groups in total. The zero-order valence-electron chi connectivity index (χ0n) is 14.3. The van der Waals surface area contributed by atoms with Crippen molar-refractivity contribution in [2.45, 2.75) is 6.42 Å². The van der Waals surface area contributed by atoms with Crippen molar-refractivity contribution in [3.05, 3.63) is 40.6 Å². The van der Waals surface area contributed by atoms with Crippen LogP contribution in [0.25, 0.3) is 0 Å². The van der Waals surface area contributed by atoms with Gasteiger partial charge in [-0.3, -0.25) is 9.10 Å². The molecule has 0 fully saturated rings. The number of carbonyl (C=O) groups is 1. The zero-order chi connectivity index (χ0) is 18.6. The van der Waals surface area contributed by atoms with Gasteiger partial charge < -0.3 is 14.8 Å². The summed E-state index contributed by atoms with van der Waals surface area (Å²) in [5, 5.41) is 4.67. The smallest absolute Gasteiger partial charge is 0.232 e. The van der Waals surface area contributed by atoms with Crippen molar-refractivity contribution in [1.82, 2.24) is 5.32 Å². The molecule has 2 heterocycles. The van der Waals surface area contributed by atoms with Crippen LogP contribution in [0, 0.1) is 0 Å². The average Bonchev–Trinajstić information content (AvgIpc) is 3.10. The summed E-state index contributed by atoms with van der Waals surface area (Å²) in [6, 6.07) is 8.78. The molecule has 0 spiro atoms. The fourth-order valence-corrected chi connectivity index (χ4v) is 4.23. The number of ether oxygens (including phenoxy) is 2. The predicted molar refractivity (Wildman–Crippen MR) is 101 cm³/mol. The second kappa shape index (κ2) is 7.96. The fourth-order valence-electron chi connectivity index (χ4n) is 2.60. The maximum Gasteiger partial charge on any atom is 0.232 e. The van der Waals surface area contributed by atoms with Crippen molar-refractivity contribution < 1.29 is 22.7 Å². The maximum atomic E-state index is 12.2. The molecule has 9 heteroatoms. The van der Waals surface area contributed by atoms with Gasteiger partial charge in [-0.1, -0.05) is 6.07 Å². The van der Waals surface area contributed by atoms with E-state index in [1.807, 2.05) is 17.5 Å². The Balaban J connectivity index is 1.64. The Kier molecular flexibility index (Phi) is 5.67. The molecule has 1 aliphatic rings.